The minimum absolute atomic E-state index is 0. The van der Waals surface area contributed by atoms with Gasteiger partial charge in [-0.2, -0.15) is 0 Å². The second-order valence-corrected chi connectivity index (χ2v) is 4.48. The predicted octanol–water partition coefficient (Wildman–Crippen LogP) is -1.29. The van der Waals surface area contributed by atoms with Crippen LogP contribution in [0.3, 0.4) is 0 Å². The molecule has 3 heteroatoms. The molecule has 13 heavy (non-hydrogen) atoms. The Kier molecular flexibility index (Phi) is 4.47. The standard InChI is InChI=1S/C10H18O2.K.H/c11-9(5-1-2-6-9)10(12)7-3-4-8-10;;/h11-12H,1-8H2;;/q;+1;-1. The van der Waals surface area contributed by atoms with Crippen LogP contribution in [-0.4, -0.2) is 21.4 Å². The average molecular weight is 210 g/mol. The van der Waals surface area contributed by atoms with Gasteiger partial charge in [-0.3, -0.25) is 0 Å². The molecule has 2 aliphatic rings. The number of aliphatic hydroxyl groups is 2. The summed E-state index contributed by atoms with van der Waals surface area (Å²) in [5, 5.41) is 20.4. The van der Waals surface area contributed by atoms with Crippen molar-refractivity contribution in [1.29, 1.82) is 0 Å². The topological polar surface area (TPSA) is 40.5 Å². The molecule has 0 aromatic rings. The van der Waals surface area contributed by atoms with Crippen molar-refractivity contribution in [2.45, 2.75) is 62.6 Å². The van der Waals surface area contributed by atoms with Gasteiger partial charge in [0, 0.05) is 0 Å². The van der Waals surface area contributed by atoms with E-state index >= 15 is 0 Å². The van der Waals surface area contributed by atoms with E-state index in [9.17, 15) is 10.2 Å². The molecule has 2 rings (SSSR count). The molecule has 0 radical (unpaired) electrons. The van der Waals surface area contributed by atoms with Crippen molar-refractivity contribution in [3.63, 3.8) is 0 Å². The smallest absolute Gasteiger partial charge is 1.00 e. The Morgan fingerprint density at radius 3 is 1.15 bits per heavy atom. The third-order valence-electron chi connectivity index (χ3n) is 3.73. The Bertz CT molecular complexity index is 155. The zero-order chi connectivity index (χ0) is 8.66. The Morgan fingerprint density at radius 2 is 0.923 bits per heavy atom. The molecule has 0 heterocycles. The monoisotopic (exact) mass is 210 g/mol. The quantitative estimate of drug-likeness (QED) is 0.529. The number of hydrogen-bond acceptors (Lipinski definition) is 2. The van der Waals surface area contributed by atoms with Gasteiger partial charge in [0.15, 0.2) is 0 Å². The molecule has 0 saturated heterocycles. The van der Waals surface area contributed by atoms with Crippen LogP contribution in [0.5, 0.6) is 0 Å². The Labute approximate surface area is 124 Å². The molecule has 2 N–H and O–H groups in total. The minimum atomic E-state index is -0.733. The fourth-order valence-corrected chi connectivity index (χ4v) is 2.85. The Morgan fingerprint density at radius 1 is 0.692 bits per heavy atom. The van der Waals surface area contributed by atoms with Gasteiger partial charge in [0.2, 0.25) is 0 Å². The fraction of sp³-hybridized carbons (Fsp3) is 1.00. The summed E-state index contributed by atoms with van der Waals surface area (Å²) in [4.78, 5) is 0. The van der Waals surface area contributed by atoms with E-state index in [2.05, 4.69) is 0 Å². The van der Waals surface area contributed by atoms with Gasteiger partial charge >= 0.3 is 51.4 Å². The van der Waals surface area contributed by atoms with Gasteiger partial charge in [-0.25, -0.2) is 0 Å². The zero-order valence-corrected chi connectivity index (χ0v) is 11.7. The molecule has 2 aliphatic carbocycles. The molecule has 0 aromatic heterocycles. The van der Waals surface area contributed by atoms with Crippen molar-refractivity contribution < 1.29 is 63.0 Å². The first-order valence-electron chi connectivity index (χ1n) is 5.11. The molecule has 0 unspecified atom stereocenters. The van der Waals surface area contributed by atoms with Crippen molar-refractivity contribution in [2.24, 2.45) is 0 Å². The van der Waals surface area contributed by atoms with Crippen molar-refractivity contribution in [1.82, 2.24) is 0 Å². The van der Waals surface area contributed by atoms with Crippen molar-refractivity contribution in [3.05, 3.63) is 0 Å². The Balaban J connectivity index is 0.000000845. The average Bonchev–Trinajstić information content (AvgIpc) is 2.60. The van der Waals surface area contributed by atoms with Crippen LogP contribution in [0, 0.1) is 0 Å². The summed E-state index contributed by atoms with van der Waals surface area (Å²) in [6, 6.07) is 0. The largest absolute Gasteiger partial charge is 1.00 e. The normalized spacial score (nSPS) is 30.0. The number of rotatable bonds is 1. The van der Waals surface area contributed by atoms with Crippen LogP contribution < -0.4 is 51.4 Å². The molecule has 0 aromatic carbocycles. The maximum Gasteiger partial charge on any atom is 1.00 e. The van der Waals surface area contributed by atoms with E-state index in [1.54, 1.807) is 0 Å². The second-order valence-electron chi connectivity index (χ2n) is 4.48. The third-order valence-corrected chi connectivity index (χ3v) is 3.73. The second kappa shape index (κ2) is 4.60. The molecular weight excluding hydrogens is 191 g/mol. The first kappa shape index (κ1) is 12.6. The molecule has 2 saturated carbocycles. The van der Waals surface area contributed by atoms with Crippen molar-refractivity contribution in [3.8, 4) is 0 Å². The third kappa shape index (κ3) is 2.22. The summed E-state index contributed by atoms with van der Waals surface area (Å²) in [5.74, 6) is 0. The van der Waals surface area contributed by atoms with E-state index in [-0.39, 0.29) is 52.8 Å². The van der Waals surface area contributed by atoms with Gasteiger partial charge in [-0.15, -0.1) is 0 Å². The van der Waals surface area contributed by atoms with Crippen LogP contribution in [0.15, 0.2) is 0 Å². The summed E-state index contributed by atoms with van der Waals surface area (Å²) in [6.45, 7) is 0. The van der Waals surface area contributed by atoms with E-state index in [0.717, 1.165) is 51.4 Å². The van der Waals surface area contributed by atoms with Crippen LogP contribution in [0.2, 0.25) is 0 Å². The van der Waals surface area contributed by atoms with Crippen molar-refractivity contribution >= 4 is 0 Å². The predicted molar refractivity (Wildman–Crippen MR) is 47.9 cm³/mol. The van der Waals surface area contributed by atoms with Gasteiger partial charge in [0.25, 0.3) is 0 Å². The molecule has 2 fully saturated rings. The van der Waals surface area contributed by atoms with Crippen LogP contribution in [0.25, 0.3) is 0 Å². The molecule has 0 bridgehead atoms. The van der Waals surface area contributed by atoms with Crippen LogP contribution >= 0.6 is 0 Å². The van der Waals surface area contributed by atoms with Crippen LogP contribution in [0.1, 0.15) is 52.8 Å². The maximum atomic E-state index is 10.2. The van der Waals surface area contributed by atoms with Gasteiger partial charge in [0.05, 0.1) is 11.2 Å². The van der Waals surface area contributed by atoms with Crippen molar-refractivity contribution in [2.75, 3.05) is 0 Å². The maximum absolute atomic E-state index is 10.2. The summed E-state index contributed by atoms with van der Waals surface area (Å²) in [6.07, 6.45) is 7.56. The van der Waals surface area contributed by atoms with Crippen LogP contribution in [0.4, 0.5) is 0 Å². The van der Waals surface area contributed by atoms with Gasteiger partial charge in [-0.05, 0) is 25.7 Å². The summed E-state index contributed by atoms with van der Waals surface area (Å²) < 4.78 is 0. The van der Waals surface area contributed by atoms with Crippen LogP contribution in [-0.2, 0) is 0 Å². The first-order chi connectivity index (χ1) is 5.66. The Hall–Kier alpha value is 1.56. The molecule has 0 amide bonds. The minimum Gasteiger partial charge on any atom is -1.00 e. The molecule has 0 spiro atoms. The molecule has 72 valence electrons. The summed E-state index contributed by atoms with van der Waals surface area (Å²) in [5.41, 5.74) is -1.47. The van der Waals surface area contributed by atoms with E-state index < -0.39 is 11.2 Å². The fourth-order valence-electron chi connectivity index (χ4n) is 2.85. The van der Waals surface area contributed by atoms with Gasteiger partial charge < -0.3 is 11.6 Å². The van der Waals surface area contributed by atoms with E-state index in [1.807, 2.05) is 0 Å². The molecule has 2 nitrogen and oxygen atoms in total. The van der Waals surface area contributed by atoms with E-state index in [1.165, 1.54) is 0 Å². The zero-order valence-electron chi connectivity index (χ0n) is 9.55. The van der Waals surface area contributed by atoms with Gasteiger partial charge in [-0.1, -0.05) is 25.7 Å². The van der Waals surface area contributed by atoms with Gasteiger partial charge in [0.1, 0.15) is 0 Å². The summed E-state index contributed by atoms with van der Waals surface area (Å²) in [7, 11) is 0. The molecule has 0 aliphatic heterocycles. The van der Waals surface area contributed by atoms with E-state index in [0.29, 0.717) is 0 Å². The molecular formula is C10H19KO2. The molecule has 0 atom stereocenters. The SMILES string of the molecule is OC1(C2(O)CCCC2)CCCC1.[H-].[K+]. The first-order valence-corrected chi connectivity index (χ1v) is 5.11. The van der Waals surface area contributed by atoms with E-state index in [4.69, 9.17) is 0 Å². The number of hydrogen-bond donors (Lipinski definition) is 2. The summed E-state index contributed by atoms with van der Waals surface area (Å²) >= 11 is 0.